The van der Waals surface area contributed by atoms with Gasteiger partial charge in [-0.1, -0.05) is 34.6 Å². The normalized spacial score (nSPS) is 11.3. The Labute approximate surface area is 157 Å². The van der Waals surface area contributed by atoms with Crippen molar-refractivity contribution in [2.45, 2.75) is 72.8 Å². The minimum absolute atomic E-state index is 0.363. The van der Waals surface area contributed by atoms with Gasteiger partial charge in [0.25, 0.3) is 5.88 Å². The number of anilines is 1. The minimum atomic E-state index is 0.363. The number of nitrogens with one attached hydrogen (secondary N) is 1. The number of hydrogen-bond donors (Lipinski definition) is 1. The molecule has 5 heteroatoms. The number of rotatable bonds is 8. The molecule has 2 aromatic heterocycles. The largest absolute Gasteiger partial charge is 0.478 e. The number of ether oxygens (including phenoxy) is 1. The first-order chi connectivity index (χ1) is 12.4. The van der Waals surface area contributed by atoms with Gasteiger partial charge in [-0.25, -0.2) is 9.97 Å². The summed E-state index contributed by atoms with van der Waals surface area (Å²) in [6.45, 7) is 12.8. The highest BCUT2D eigenvalue weighted by Gasteiger charge is 2.18. The van der Waals surface area contributed by atoms with E-state index in [-0.39, 0.29) is 0 Å². The molecule has 0 unspecified atom stereocenters. The molecule has 0 aliphatic carbocycles. The zero-order chi connectivity index (χ0) is 19.3. The number of aromatic nitrogens is 3. The molecule has 0 saturated heterocycles. The third-order valence-electron chi connectivity index (χ3n) is 4.74. The second-order valence-corrected chi connectivity index (χ2v) is 6.91. The van der Waals surface area contributed by atoms with E-state index in [1.54, 1.807) is 7.11 Å². The molecule has 26 heavy (non-hydrogen) atoms. The van der Waals surface area contributed by atoms with Crippen LogP contribution in [-0.2, 0) is 6.42 Å². The summed E-state index contributed by atoms with van der Waals surface area (Å²) in [5.74, 6) is 1.67. The van der Waals surface area contributed by atoms with Crippen molar-refractivity contribution in [2.75, 3.05) is 12.4 Å². The van der Waals surface area contributed by atoms with Gasteiger partial charge in [-0.05, 0) is 44.2 Å². The van der Waals surface area contributed by atoms with E-state index in [4.69, 9.17) is 19.7 Å². The van der Waals surface area contributed by atoms with Gasteiger partial charge < -0.3 is 10.1 Å². The molecule has 0 bridgehead atoms. The van der Waals surface area contributed by atoms with Crippen molar-refractivity contribution in [3.05, 3.63) is 29.2 Å². The van der Waals surface area contributed by atoms with Gasteiger partial charge in [-0.2, -0.15) is 0 Å². The predicted octanol–water partition coefficient (Wildman–Crippen LogP) is 5.14. The zero-order valence-electron chi connectivity index (χ0n) is 17.2. The van der Waals surface area contributed by atoms with E-state index >= 15 is 0 Å². The van der Waals surface area contributed by atoms with Gasteiger partial charge in [0, 0.05) is 23.0 Å². The summed E-state index contributed by atoms with van der Waals surface area (Å²) in [6, 6.07) is 4.55. The number of methoxy groups -OCH3 is 1. The van der Waals surface area contributed by atoms with Crippen LogP contribution in [0.3, 0.4) is 0 Å². The molecule has 1 N–H and O–H groups in total. The molecule has 0 amide bonds. The maximum atomic E-state index is 5.54. The molecule has 2 heterocycles. The monoisotopic (exact) mass is 356 g/mol. The van der Waals surface area contributed by atoms with Crippen LogP contribution in [0.1, 0.15) is 70.5 Å². The topological polar surface area (TPSA) is 59.9 Å². The molecule has 2 aromatic rings. The van der Waals surface area contributed by atoms with Crippen molar-refractivity contribution in [1.29, 1.82) is 0 Å². The standard InChI is InChI=1S/C21H32N4O/c1-8-15(9-2)23-20-21(26-7)25-19(17(10-3)24-20)16-11-12-18(13(4)5)22-14(16)6/h11-13,15H,8-10H2,1-7H3,(H,23,24). The van der Waals surface area contributed by atoms with Crippen LogP contribution < -0.4 is 10.1 Å². The summed E-state index contributed by atoms with van der Waals surface area (Å²) in [5.41, 5.74) is 4.91. The number of nitrogens with zero attached hydrogens (tertiary/aromatic N) is 3. The molecule has 0 radical (unpaired) electrons. The minimum Gasteiger partial charge on any atom is -0.478 e. The first-order valence-electron chi connectivity index (χ1n) is 9.64. The van der Waals surface area contributed by atoms with Gasteiger partial charge >= 0.3 is 0 Å². The Bertz CT molecular complexity index is 739. The Hall–Kier alpha value is -2.17. The summed E-state index contributed by atoms with van der Waals surface area (Å²) >= 11 is 0. The zero-order valence-corrected chi connectivity index (χ0v) is 17.2. The molecule has 0 aromatic carbocycles. The average molecular weight is 357 g/mol. The molecule has 0 aliphatic heterocycles. The summed E-state index contributed by atoms with van der Waals surface area (Å²) < 4.78 is 5.54. The highest BCUT2D eigenvalue weighted by Crippen LogP contribution is 2.31. The van der Waals surface area contributed by atoms with Crippen LogP contribution >= 0.6 is 0 Å². The van der Waals surface area contributed by atoms with E-state index in [9.17, 15) is 0 Å². The van der Waals surface area contributed by atoms with E-state index in [2.05, 4.69) is 52.1 Å². The van der Waals surface area contributed by atoms with E-state index < -0.39 is 0 Å². The second kappa shape index (κ2) is 8.97. The van der Waals surface area contributed by atoms with Crippen LogP contribution in [0.4, 0.5) is 5.82 Å². The van der Waals surface area contributed by atoms with Crippen LogP contribution in [0.2, 0.25) is 0 Å². The number of aryl methyl sites for hydroxylation is 2. The predicted molar refractivity (Wildman–Crippen MR) is 108 cm³/mol. The van der Waals surface area contributed by atoms with Gasteiger partial charge in [0.15, 0.2) is 5.82 Å². The van der Waals surface area contributed by atoms with Crippen molar-refractivity contribution < 1.29 is 4.74 Å². The van der Waals surface area contributed by atoms with Crippen molar-refractivity contribution in [2.24, 2.45) is 0 Å². The van der Waals surface area contributed by atoms with Crippen molar-refractivity contribution >= 4 is 5.82 Å². The lowest BCUT2D eigenvalue weighted by atomic mass is 10.0. The first-order valence-corrected chi connectivity index (χ1v) is 9.64. The highest BCUT2D eigenvalue weighted by molar-refractivity contribution is 5.67. The first kappa shape index (κ1) is 20.1. The van der Waals surface area contributed by atoms with Crippen molar-refractivity contribution in [3.63, 3.8) is 0 Å². The molecule has 5 nitrogen and oxygen atoms in total. The molecular formula is C21H32N4O. The van der Waals surface area contributed by atoms with Crippen LogP contribution in [-0.4, -0.2) is 28.1 Å². The Kier molecular flexibility index (Phi) is 6.95. The highest BCUT2D eigenvalue weighted by atomic mass is 16.5. The van der Waals surface area contributed by atoms with Crippen LogP contribution in [0.25, 0.3) is 11.3 Å². The van der Waals surface area contributed by atoms with Crippen LogP contribution in [0.15, 0.2) is 12.1 Å². The molecular weight excluding hydrogens is 324 g/mol. The van der Waals surface area contributed by atoms with Gasteiger partial charge in [-0.15, -0.1) is 0 Å². The Morgan fingerprint density at radius 1 is 1.04 bits per heavy atom. The summed E-state index contributed by atoms with van der Waals surface area (Å²) in [6.07, 6.45) is 2.86. The number of pyridine rings is 1. The Morgan fingerprint density at radius 2 is 1.73 bits per heavy atom. The molecule has 142 valence electrons. The van der Waals surface area contributed by atoms with Crippen LogP contribution in [0, 0.1) is 6.92 Å². The summed E-state index contributed by atoms with van der Waals surface area (Å²) in [5, 5.41) is 3.48. The second-order valence-electron chi connectivity index (χ2n) is 6.91. The molecule has 0 fully saturated rings. The summed E-state index contributed by atoms with van der Waals surface area (Å²) in [7, 11) is 1.64. The van der Waals surface area contributed by atoms with Crippen LogP contribution in [0.5, 0.6) is 5.88 Å². The smallest absolute Gasteiger partial charge is 0.257 e. The third kappa shape index (κ3) is 4.32. The van der Waals surface area contributed by atoms with Crippen molar-refractivity contribution in [3.8, 4) is 17.1 Å². The van der Waals surface area contributed by atoms with E-state index in [0.29, 0.717) is 17.8 Å². The lowest BCUT2D eigenvalue weighted by Gasteiger charge is -2.19. The maximum absolute atomic E-state index is 5.54. The SMILES string of the molecule is CCc1nc(NC(CC)CC)c(OC)nc1-c1ccc(C(C)C)nc1C. The third-order valence-corrected chi connectivity index (χ3v) is 4.74. The fourth-order valence-electron chi connectivity index (χ4n) is 2.99. The van der Waals surface area contributed by atoms with E-state index in [1.165, 1.54) is 0 Å². The lowest BCUT2D eigenvalue weighted by molar-refractivity contribution is 0.397. The fourth-order valence-corrected chi connectivity index (χ4v) is 2.99. The fraction of sp³-hybridized carbons (Fsp3) is 0.571. The van der Waals surface area contributed by atoms with Crippen molar-refractivity contribution in [1.82, 2.24) is 15.0 Å². The molecule has 2 rings (SSSR count). The van der Waals surface area contributed by atoms with Gasteiger partial charge in [0.2, 0.25) is 0 Å². The van der Waals surface area contributed by atoms with Gasteiger partial charge in [0.1, 0.15) is 0 Å². The van der Waals surface area contributed by atoms with E-state index in [0.717, 1.165) is 53.4 Å². The molecule has 0 saturated carbocycles. The number of hydrogen-bond acceptors (Lipinski definition) is 5. The molecule has 0 spiro atoms. The molecule has 0 atom stereocenters. The average Bonchev–Trinajstić information content (AvgIpc) is 2.65. The lowest BCUT2D eigenvalue weighted by Crippen LogP contribution is -2.19. The quantitative estimate of drug-likeness (QED) is 0.709. The summed E-state index contributed by atoms with van der Waals surface area (Å²) in [4.78, 5) is 14.4. The Morgan fingerprint density at radius 3 is 2.23 bits per heavy atom. The van der Waals surface area contributed by atoms with Gasteiger partial charge in [-0.3, -0.25) is 4.98 Å². The van der Waals surface area contributed by atoms with E-state index in [1.807, 2.05) is 6.92 Å². The van der Waals surface area contributed by atoms with Gasteiger partial charge in [0.05, 0.1) is 18.5 Å². The molecule has 0 aliphatic rings. The Balaban J connectivity index is 2.52. The maximum Gasteiger partial charge on any atom is 0.257 e.